The Bertz CT molecular complexity index is 1140. The summed E-state index contributed by atoms with van der Waals surface area (Å²) in [4.78, 5) is 27.3. The van der Waals surface area contributed by atoms with Crippen molar-refractivity contribution in [2.75, 3.05) is 13.2 Å². The van der Waals surface area contributed by atoms with Crippen molar-refractivity contribution < 1.29 is 18.9 Å². The van der Waals surface area contributed by atoms with Crippen LogP contribution in [0.2, 0.25) is 0 Å². The monoisotopic (exact) mass is 533 g/mol. The summed E-state index contributed by atoms with van der Waals surface area (Å²) in [7, 11) is -1.58. The average molecular weight is 534 g/mol. The summed E-state index contributed by atoms with van der Waals surface area (Å²) in [5, 5.41) is 13.6. The number of aliphatic hydroxyl groups excluding tert-OH is 1. The molecule has 10 nitrogen and oxygen atoms in total. The van der Waals surface area contributed by atoms with Gasteiger partial charge in [0.05, 0.1) is 31.8 Å². The Morgan fingerprint density at radius 3 is 2.70 bits per heavy atom. The van der Waals surface area contributed by atoms with Gasteiger partial charge in [-0.2, -0.15) is 5.26 Å². The Morgan fingerprint density at radius 2 is 2.05 bits per heavy atom. The van der Waals surface area contributed by atoms with Gasteiger partial charge in [-0.25, -0.2) is 9.46 Å². The molecule has 0 bridgehead atoms. The van der Waals surface area contributed by atoms with Crippen LogP contribution in [0.4, 0.5) is 0 Å². The fraction of sp³-hybridized carbons (Fsp3) is 0.654. The van der Waals surface area contributed by atoms with E-state index in [0.29, 0.717) is 12.8 Å². The van der Waals surface area contributed by atoms with E-state index in [9.17, 15) is 9.59 Å². The predicted octanol–water partition coefficient (Wildman–Crippen LogP) is 3.02. The van der Waals surface area contributed by atoms with Crippen molar-refractivity contribution >= 4 is 8.53 Å². The van der Waals surface area contributed by atoms with Crippen molar-refractivity contribution in [3.05, 3.63) is 32.6 Å². The predicted molar refractivity (Wildman–Crippen MR) is 141 cm³/mol. The molecule has 2 heterocycles. The molecule has 1 aromatic rings. The Hall–Kier alpha value is -2.48. The summed E-state index contributed by atoms with van der Waals surface area (Å²) in [5.41, 5.74) is -1.06. The molecule has 37 heavy (non-hydrogen) atoms. The average Bonchev–Trinajstić information content (AvgIpc) is 3.24. The highest BCUT2D eigenvalue weighted by molar-refractivity contribution is 7.44. The second kappa shape index (κ2) is 15.7. The summed E-state index contributed by atoms with van der Waals surface area (Å²) < 4.78 is 29.1. The first-order chi connectivity index (χ1) is 18.2. The number of aromatic amines is 1. The second-order valence-electron chi connectivity index (χ2n) is 9.14. The zero-order valence-corrected chi connectivity index (χ0v) is 22.8. The van der Waals surface area contributed by atoms with Crippen LogP contribution in [0.5, 0.6) is 0 Å². The van der Waals surface area contributed by atoms with E-state index in [1.54, 1.807) is 0 Å². The molecule has 2 rings (SSSR count). The van der Waals surface area contributed by atoms with Gasteiger partial charge in [0, 0.05) is 37.5 Å². The van der Waals surface area contributed by atoms with E-state index < -0.39 is 38.2 Å². The first-order valence-electron chi connectivity index (χ1n) is 12.9. The molecule has 0 spiro atoms. The Labute approximate surface area is 221 Å². The highest BCUT2D eigenvalue weighted by Crippen LogP contribution is 2.49. The van der Waals surface area contributed by atoms with Crippen molar-refractivity contribution in [2.24, 2.45) is 0 Å². The molecule has 0 radical (unpaired) electrons. The van der Waals surface area contributed by atoms with Gasteiger partial charge < -0.3 is 18.9 Å². The number of nitrogens with one attached hydrogen (secondary N) is 1. The minimum atomic E-state index is -1.58. The molecule has 1 saturated heterocycles. The lowest BCUT2D eigenvalue weighted by Gasteiger charge is -2.37. The number of nitriles is 1. The minimum absolute atomic E-state index is 0.0890. The number of H-pyrrole nitrogens is 1. The standard InChI is InChI=1S/C26H37N4O6P/c1-6-7-8-9-10-11-13-21-17-29(26(33)28-25(21)32)24-16-22(23(18-31)35-24)36-37(34-15-12-14-27)30(19(2)3)20(4)5/h1,17,19-20,22-24,31H,7-10,12,15-16,18H2,2-5H3,(H,28,32,33)/t22-,23-,24-,37?/m1/s1/i31D. The molecule has 2 N–H and O–H groups in total. The smallest absolute Gasteiger partial charge is 0.330 e. The van der Waals surface area contributed by atoms with Crippen molar-refractivity contribution in [3.8, 4) is 30.3 Å². The summed E-state index contributed by atoms with van der Waals surface area (Å²) in [6, 6.07) is 2.27. The zero-order chi connectivity index (χ0) is 28.1. The normalized spacial score (nSPS) is 20.4. The van der Waals surface area contributed by atoms with Crippen molar-refractivity contribution in [2.45, 2.75) is 96.7 Å². The number of rotatable bonds is 14. The first-order valence-corrected chi connectivity index (χ1v) is 13.6. The molecule has 1 aliphatic heterocycles. The summed E-state index contributed by atoms with van der Waals surface area (Å²) in [6.45, 7) is 8.24. The molecule has 11 heteroatoms. The summed E-state index contributed by atoms with van der Waals surface area (Å²) >= 11 is 0. The van der Waals surface area contributed by atoms with Gasteiger partial charge in [-0.3, -0.25) is 14.3 Å². The van der Waals surface area contributed by atoms with Crippen molar-refractivity contribution in [3.63, 3.8) is 0 Å². The largest absolute Gasteiger partial charge is 0.394 e. The zero-order valence-electron chi connectivity index (χ0n) is 22.9. The third-order valence-electron chi connectivity index (χ3n) is 5.61. The molecule has 0 aliphatic carbocycles. The number of ether oxygens (including phenoxy) is 1. The van der Waals surface area contributed by atoms with E-state index in [1.807, 2.05) is 27.7 Å². The van der Waals surface area contributed by atoms with Crippen molar-refractivity contribution in [1.82, 2.24) is 14.2 Å². The Balaban J connectivity index is 2.27. The van der Waals surface area contributed by atoms with Crippen LogP contribution in [0.25, 0.3) is 0 Å². The van der Waals surface area contributed by atoms with Crippen molar-refractivity contribution in [1.29, 1.82) is 6.69 Å². The lowest BCUT2D eigenvalue weighted by atomic mass is 10.2. The summed E-state index contributed by atoms with van der Waals surface area (Å²) in [6.07, 6.45) is 8.04. The molecule has 4 atom stereocenters. The van der Waals surface area contributed by atoms with Crippen LogP contribution in [-0.2, 0) is 13.8 Å². The molecule has 1 unspecified atom stereocenters. The molecule has 202 valence electrons. The third kappa shape index (κ3) is 9.09. The number of hydrogen-bond acceptors (Lipinski definition) is 8. The molecule has 1 aliphatic rings. The lowest BCUT2D eigenvalue weighted by Crippen LogP contribution is -2.36. The van der Waals surface area contributed by atoms with Gasteiger partial charge in [0.15, 0.2) is 0 Å². The van der Waals surface area contributed by atoms with Crippen LogP contribution in [0.15, 0.2) is 15.8 Å². The van der Waals surface area contributed by atoms with E-state index in [1.165, 1.54) is 10.8 Å². The van der Waals surface area contributed by atoms with Gasteiger partial charge in [-0.1, -0.05) is 11.8 Å². The highest BCUT2D eigenvalue weighted by Gasteiger charge is 2.41. The molecule has 0 aromatic carbocycles. The van der Waals surface area contributed by atoms with Crippen LogP contribution in [0, 0.1) is 35.5 Å². The number of aromatic nitrogens is 2. The minimum Gasteiger partial charge on any atom is -0.394 e. The molecular weight excluding hydrogens is 495 g/mol. The molecule has 0 amide bonds. The summed E-state index contributed by atoms with van der Waals surface area (Å²) in [5.74, 6) is 8.37. The van der Waals surface area contributed by atoms with Gasteiger partial charge in [0.25, 0.3) is 14.1 Å². The maximum absolute atomic E-state index is 12.7. The number of aliphatic hydroxyl groups is 1. The van der Waals surface area contributed by atoms with Crippen LogP contribution >= 0.6 is 8.53 Å². The second-order valence-corrected chi connectivity index (χ2v) is 10.6. The quantitative estimate of drug-likeness (QED) is 0.212. The van der Waals surface area contributed by atoms with E-state index in [2.05, 4.69) is 38.6 Å². The molecular formula is C26H37N4O6P. The van der Waals surface area contributed by atoms with Crippen LogP contribution in [0.3, 0.4) is 0 Å². The van der Waals surface area contributed by atoms with Crippen LogP contribution < -0.4 is 11.2 Å². The van der Waals surface area contributed by atoms with Gasteiger partial charge in [-0.05, 0) is 40.5 Å². The number of terminal acetylenes is 1. The van der Waals surface area contributed by atoms with E-state index in [4.69, 9.17) is 26.9 Å². The lowest BCUT2D eigenvalue weighted by molar-refractivity contribution is -0.0439. The SMILES string of the molecule is [2H]OC[C@H]1O[C@@H](n2cc(C#CCCCCC#C)c(=O)[nH]c2=O)C[C@H]1OP(OCCC#N)N(C(C)C)C(C)C. The van der Waals surface area contributed by atoms with Gasteiger partial charge in [0.1, 0.15) is 17.9 Å². The number of nitrogens with zero attached hydrogens (tertiary/aromatic N) is 3. The van der Waals surface area contributed by atoms with Crippen LogP contribution in [-0.4, -0.2) is 58.3 Å². The van der Waals surface area contributed by atoms with Gasteiger partial charge in [-0.15, -0.1) is 12.3 Å². The third-order valence-corrected chi connectivity index (χ3v) is 7.76. The van der Waals surface area contributed by atoms with E-state index in [-0.39, 0.29) is 43.7 Å². The first kappa shape index (κ1) is 29.1. The maximum atomic E-state index is 12.7. The molecule has 1 aromatic heterocycles. The number of unbranched alkanes of at least 4 members (excludes halogenated alkanes) is 3. The maximum Gasteiger partial charge on any atom is 0.330 e. The molecule has 0 saturated carbocycles. The van der Waals surface area contributed by atoms with E-state index in [0.717, 1.165) is 12.8 Å². The molecule has 1 fully saturated rings. The van der Waals surface area contributed by atoms with Gasteiger partial charge >= 0.3 is 5.69 Å². The van der Waals surface area contributed by atoms with E-state index >= 15 is 0 Å². The fourth-order valence-corrected chi connectivity index (χ4v) is 5.69. The van der Waals surface area contributed by atoms with Gasteiger partial charge in [0.2, 0.25) is 1.43 Å². The van der Waals surface area contributed by atoms with Crippen LogP contribution in [0.1, 0.15) is 78.0 Å². The topological polar surface area (TPSA) is 130 Å². The number of hydrogen-bond donors (Lipinski definition) is 2. The highest BCUT2D eigenvalue weighted by atomic mass is 31.2. The Morgan fingerprint density at radius 1 is 1.32 bits per heavy atom. The fourth-order valence-electron chi connectivity index (χ4n) is 3.93. The Kier molecular flexibility index (Phi) is 12.3.